The van der Waals surface area contributed by atoms with Crippen molar-refractivity contribution < 1.29 is 19.1 Å². The first-order chi connectivity index (χ1) is 10.6. The number of hydrazine groups is 1. The van der Waals surface area contributed by atoms with Gasteiger partial charge in [-0.1, -0.05) is 30.0 Å². The number of nitrogens with zero attached hydrogens (tertiary/aromatic N) is 2. The summed E-state index contributed by atoms with van der Waals surface area (Å²) >= 11 is 1.31. The molecule has 1 fully saturated rings. The number of methoxy groups -OCH3 is 2. The Morgan fingerprint density at radius 3 is 2.41 bits per heavy atom. The molecule has 1 atom stereocenters. The first-order valence-corrected chi connectivity index (χ1v) is 7.67. The Morgan fingerprint density at radius 2 is 1.86 bits per heavy atom. The molecule has 2 N–H and O–H groups in total. The van der Waals surface area contributed by atoms with Crippen molar-refractivity contribution in [2.45, 2.75) is 5.12 Å². The van der Waals surface area contributed by atoms with Crippen molar-refractivity contribution in [1.82, 2.24) is 15.3 Å². The number of carbonyl (C=O) groups is 2. The van der Waals surface area contributed by atoms with Gasteiger partial charge in [-0.15, -0.1) is 0 Å². The zero-order valence-corrected chi connectivity index (χ0v) is 13.3. The number of rotatable bonds is 3. The SMILES string of the molecule is COC(=O)N1CNC(Nc2ccccc2)(SC)N1C(=O)OC. The van der Waals surface area contributed by atoms with Crippen LogP contribution in [0.4, 0.5) is 15.3 Å². The third-order valence-electron chi connectivity index (χ3n) is 3.12. The summed E-state index contributed by atoms with van der Waals surface area (Å²) in [7, 11) is 2.51. The van der Waals surface area contributed by atoms with Gasteiger partial charge in [-0.25, -0.2) is 14.9 Å². The Morgan fingerprint density at radius 1 is 1.23 bits per heavy atom. The van der Waals surface area contributed by atoms with Crippen molar-refractivity contribution in [2.75, 3.05) is 32.5 Å². The van der Waals surface area contributed by atoms with Crippen molar-refractivity contribution >= 4 is 29.6 Å². The maximum Gasteiger partial charge on any atom is 0.432 e. The van der Waals surface area contributed by atoms with Gasteiger partial charge in [-0.2, -0.15) is 10.0 Å². The molecule has 0 bridgehead atoms. The molecule has 2 amide bonds. The minimum Gasteiger partial charge on any atom is -0.451 e. The van der Waals surface area contributed by atoms with E-state index in [1.54, 1.807) is 6.26 Å². The topological polar surface area (TPSA) is 83.1 Å². The molecule has 1 unspecified atom stereocenters. The summed E-state index contributed by atoms with van der Waals surface area (Å²) in [6.45, 7) is 0.0996. The summed E-state index contributed by atoms with van der Waals surface area (Å²) in [6.07, 6.45) is 0.455. The van der Waals surface area contributed by atoms with E-state index in [4.69, 9.17) is 9.47 Å². The van der Waals surface area contributed by atoms with Crippen LogP contribution in [0.3, 0.4) is 0 Å². The Bertz CT molecular complexity index is 544. The third kappa shape index (κ3) is 2.90. The molecule has 0 aliphatic carbocycles. The summed E-state index contributed by atoms with van der Waals surface area (Å²) < 4.78 is 9.51. The second-order valence-electron chi connectivity index (χ2n) is 4.33. The Balaban J connectivity index is 2.35. The average molecular weight is 326 g/mol. The summed E-state index contributed by atoms with van der Waals surface area (Å²) in [5, 5.41) is 7.54. The number of thioether (sulfide) groups is 1. The van der Waals surface area contributed by atoms with Crippen molar-refractivity contribution in [3.63, 3.8) is 0 Å². The predicted molar refractivity (Wildman–Crippen MR) is 82.8 cm³/mol. The van der Waals surface area contributed by atoms with E-state index in [1.807, 2.05) is 30.3 Å². The number of hydrogen-bond acceptors (Lipinski definition) is 7. The van der Waals surface area contributed by atoms with Crippen LogP contribution in [-0.2, 0) is 9.47 Å². The molecule has 1 aromatic carbocycles. The van der Waals surface area contributed by atoms with Crippen LogP contribution in [-0.4, -0.2) is 54.5 Å². The van der Waals surface area contributed by atoms with E-state index < -0.39 is 17.3 Å². The molecule has 0 aromatic heterocycles. The van der Waals surface area contributed by atoms with Crippen molar-refractivity contribution in [1.29, 1.82) is 0 Å². The van der Waals surface area contributed by atoms with Crippen LogP contribution in [0.5, 0.6) is 0 Å². The summed E-state index contributed by atoms with van der Waals surface area (Å²) in [5.74, 6) is 0. The monoisotopic (exact) mass is 326 g/mol. The van der Waals surface area contributed by atoms with E-state index in [9.17, 15) is 9.59 Å². The highest BCUT2D eigenvalue weighted by atomic mass is 32.2. The fraction of sp³-hybridized carbons (Fsp3) is 0.385. The normalized spacial score (nSPS) is 20.7. The zero-order valence-electron chi connectivity index (χ0n) is 12.5. The van der Waals surface area contributed by atoms with E-state index in [2.05, 4.69) is 10.6 Å². The molecule has 1 aliphatic rings. The van der Waals surface area contributed by atoms with Crippen LogP contribution in [0.2, 0.25) is 0 Å². The fourth-order valence-corrected chi connectivity index (χ4v) is 2.86. The number of anilines is 1. The number of amides is 2. The lowest BCUT2D eigenvalue weighted by Crippen LogP contribution is -2.60. The van der Waals surface area contributed by atoms with Gasteiger partial charge >= 0.3 is 12.2 Å². The summed E-state index contributed by atoms with van der Waals surface area (Å²) in [5.41, 5.74) is 0.782. The molecule has 8 nitrogen and oxygen atoms in total. The highest BCUT2D eigenvalue weighted by Crippen LogP contribution is 2.33. The van der Waals surface area contributed by atoms with Gasteiger partial charge in [0.2, 0.25) is 5.12 Å². The zero-order chi connectivity index (χ0) is 16.2. The van der Waals surface area contributed by atoms with E-state index in [1.165, 1.54) is 26.0 Å². The molecular weight excluding hydrogens is 308 g/mol. The molecule has 0 spiro atoms. The first kappa shape index (κ1) is 16.2. The maximum atomic E-state index is 12.2. The molecule has 1 aliphatic heterocycles. The Hall–Kier alpha value is -2.13. The van der Waals surface area contributed by atoms with Gasteiger partial charge in [0.25, 0.3) is 0 Å². The predicted octanol–water partition coefficient (Wildman–Crippen LogP) is 1.69. The lowest BCUT2D eigenvalue weighted by atomic mass is 10.3. The van der Waals surface area contributed by atoms with Crippen LogP contribution >= 0.6 is 11.8 Å². The third-order valence-corrected chi connectivity index (χ3v) is 4.13. The Kier molecular flexibility index (Phi) is 4.99. The van der Waals surface area contributed by atoms with Gasteiger partial charge in [0.05, 0.1) is 20.9 Å². The van der Waals surface area contributed by atoms with Crippen molar-refractivity contribution in [3.8, 4) is 0 Å². The van der Waals surface area contributed by atoms with Gasteiger partial charge < -0.3 is 14.8 Å². The molecule has 9 heteroatoms. The van der Waals surface area contributed by atoms with Gasteiger partial charge in [0.15, 0.2) is 0 Å². The molecule has 0 saturated carbocycles. The number of para-hydroxylation sites is 1. The van der Waals surface area contributed by atoms with Crippen molar-refractivity contribution in [3.05, 3.63) is 30.3 Å². The molecule has 120 valence electrons. The van der Waals surface area contributed by atoms with Crippen LogP contribution < -0.4 is 10.6 Å². The van der Waals surface area contributed by atoms with Crippen LogP contribution in [0.1, 0.15) is 0 Å². The summed E-state index contributed by atoms with van der Waals surface area (Å²) in [4.78, 5) is 24.0. The van der Waals surface area contributed by atoms with Gasteiger partial charge in [-0.3, -0.25) is 0 Å². The fourth-order valence-electron chi connectivity index (χ4n) is 2.09. The van der Waals surface area contributed by atoms with E-state index >= 15 is 0 Å². The quantitative estimate of drug-likeness (QED) is 0.818. The van der Waals surface area contributed by atoms with Crippen LogP contribution in [0.15, 0.2) is 30.3 Å². The van der Waals surface area contributed by atoms with E-state index in [-0.39, 0.29) is 6.67 Å². The lowest BCUT2D eigenvalue weighted by Gasteiger charge is -2.37. The molecule has 1 saturated heterocycles. The van der Waals surface area contributed by atoms with Crippen LogP contribution in [0.25, 0.3) is 0 Å². The Labute approximate surface area is 132 Å². The number of benzene rings is 1. The molecule has 2 rings (SSSR count). The molecule has 1 heterocycles. The molecule has 0 radical (unpaired) electrons. The van der Waals surface area contributed by atoms with Gasteiger partial charge in [0, 0.05) is 5.69 Å². The molecule has 1 aromatic rings. The number of hydrogen-bond donors (Lipinski definition) is 2. The number of nitrogens with one attached hydrogen (secondary N) is 2. The van der Waals surface area contributed by atoms with Crippen LogP contribution in [0, 0.1) is 0 Å². The minimum absolute atomic E-state index is 0.0996. The number of ether oxygens (including phenoxy) is 2. The van der Waals surface area contributed by atoms with E-state index in [0.717, 1.165) is 15.7 Å². The van der Waals surface area contributed by atoms with E-state index in [0.29, 0.717) is 0 Å². The first-order valence-electron chi connectivity index (χ1n) is 6.45. The maximum absolute atomic E-state index is 12.2. The largest absolute Gasteiger partial charge is 0.451 e. The standard InChI is InChI=1S/C13H18N4O4S/c1-20-11(18)16-9-14-13(22-3,17(16)12(19)21-2)15-10-7-5-4-6-8-10/h4-8,14-15H,9H2,1-3H3. The highest BCUT2D eigenvalue weighted by molar-refractivity contribution is 8.00. The number of carbonyl (C=O) groups excluding carboxylic acids is 2. The summed E-state index contributed by atoms with van der Waals surface area (Å²) in [6, 6.07) is 9.33. The second-order valence-corrected chi connectivity index (χ2v) is 5.32. The second kappa shape index (κ2) is 6.75. The lowest BCUT2D eigenvalue weighted by molar-refractivity contribution is 0.000494. The minimum atomic E-state index is -1.07. The highest BCUT2D eigenvalue weighted by Gasteiger charge is 2.51. The van der Waals surface area contributed by atoms with Gasteiger partial charge in [-0.05, 0) is 18.4 Å². The average Bonchev–Trinajstić information content (AvgIpc) is 2.94. The van der Waals surface area contributed by atoms with Crippen molar-refractivity contribution in [2.24, 2.45) is 0 Å². The smallest absolute Gasteiger partial charge is 0.432 e. The molecular formula is C13H18N4O4S. The molecule has 22 heavy (non-hydrogen) atoms. The van der Waals surface area contributed by atoms with Gasteiger partial charge in [0.1, 0.15) is 0 Å².